The first-order valence-corrected chi connectivity index (χ1v) is 12.9. The maximum Gasteiger partial charge on any atom is 0.255 e. The first-order chi connectivity index (χ1) is 18.4. The summed E-state index contributed by atoms with van der Waals surface area (Å²) in [6.07, 6.45) is 2.46. The quantitative estimate of drug-likeness (QED) is 0.181. The van der Waals surface area contributed by atoms with Crippen LogP contribution in [0, 0.1) is 17.8 Å². The molecular formula is C27H32N4O8. The molecule has 5 rings (SSSR count). The van der Waals surface area contributed by atoms with E-state index in [4.69, 9.17) is 5.73 Å². The van der Waals surface area contributed by atoms with Crippen LogP contribution in [0.4, 0.5) is 5.69 Å². The number of nitrogens with one attached hydrogen (secondary N) is 2. The van der Waals surface area contributed by atoms with Crippen molar-refractivity contribution in [1.29, 1.82) is 0 Å². The molecule has 0 aromatic heterocycles. The van der Waals surface area contributed by atoms with Crippen LogP contribution in [0.3, 0.4) is 0 Å². The highest BCUT2D eigenvalue weighted by molar-refractivity contribution is 6.24. The van der Waals surface area contributed by atoms with Crippen LogP contribution in [-0.4, -0.2) is 87.5 Å². The lowest BCUT2D eigenvalue weighted by molar-refractivity contribution is -0.153. The Morgan fingerprint density at radius 2 is 1.85 bits per heavy atom. The number of Topliss-reactive ketones (excluding diaryl/α,β-unsaturated/α-hetero) is 2. The van der Waals surface area contributed by atoms with Crippen molar-refractivity contribution in [1.82, 2.24) is 10.2 Å². The number of primary amides is 1. The Kier molecular flexibility index (Phi) is 6.52. The highest BCUT2D eigenvalue weighted by Crippen LogP contribution is 2.53. The van der Waals surface area contributed by atoms with Crippen LogP contribution in [0.2, 0.25) is 0 Å². The number of rotatable bonds is 7. The van der Waals surface area contributed by atoms with Gasteiger partial charge >= 0.3 is 0 Å². The summed E-state index contributed by atoms with van der Waals surface area (Å²) in [5.41, 5.74) is 1.99. The van der Waals surface area contributed by atoms with Crippen LogP contribution in [0.25, 0.3) is 5.76 Å². The lowest BCUT2D eigenvalue weighted by Crippen LogP contribution is -2.65. The van der Waals surface area contributed by atoms with E-state index in [1.165, 1.54) is 11.0 Å². The number of hydrogen-bond donors (Lipinski definition) is 7. The van der Waals surface area contributed by atoms with Gasteiger partial charge in [-0.3, -0.25) is 24.1 Å². The highest BCUT2D eigenvalue weighted by Gasteiger charge is 2.64. The normalized spacial score (nSPS) is 28.3. The van der Waals surface area contributed by atoms with E-state index in [9.17, 15) is 39.6 Å². The summed E-state index contributed by atoms with van der Waals surface area (Å²) in [5, 5.41) is 50.4. The molecule has 4 aliphatic carbocycles. The fraction of sp³-hybridized carbons (Fsp3) is 0.481. The molecule has 4 aliphatic rings. The first kappa shape index (κ1) is 26.9. The summed E-state index contributed by atoms with van der Waals surface area (Å²) in [6, 6.07) is 1.99. The lowest BCUT2D eigenvalue weighted by Gasteiger charge is -2.50. The molecule has 2 fully saturated rings. The Bertz CT molecular complexity index is 1360. The first-order valence-electron chi connectivity index (χ1n) is 12.9. The zero-order valence-electron chi connectivity index (χ0n) is 21.7. The Morgan fingerprint density at radius 1 is 1.15 bits per heavy atom. The number of fused-ring (bicyclic) bond motifs is 3. The maximum atomic E-state index is 13.8. The Hall–Kier alpha value is -3.74. The van der Waals surface area contributed by atoms with Crippen molar-refractivity contribution < 1.29 is 39.6 Å². The highest BCUT2D eigenvalue weighted by atomic mass is 16.3. The molecule has 3 unspecified atom stereocenters. The van der Waals surface area contributed by atoms with Crippen molar-refractivity contribution in [2.45, 2.75) is 37.3 Å². The average molecular weight is 541 g/mol. The standard InChI is InChI=1S/C27H32N4O8/c1-31(2)20-14-8-13-7-12-5-6-15(30-16(32)10-29-9-11-3-4-11)21(33)17(12)22(34)18(13)24(36)27(14,39)25(37)19(23(20)35)26(28)38/h5-6,11,13-14,20,29,33-34,37,39H,3-4,7-10H2,1-2H3,(H2,28,38)(H,30,32)/t13?,14?,20-,27?/m0/s1. The van der Waals surface area contributed by atoms with E-state index in [1.807, 2.05) is 0 Å². The number of amides is 2. The third-order valence-corrected chi connectivity index (χ3v) is 8.28. The molecule has 0 spiro atoms. The number of hydrogen-bond acceptors (Lipinski definition) is 10. The van der Waals surface area contributed by atoms with Gasteiger partial charge in [-0.1, -0.05) is 6.07 Å². The molecule has 8 N–H and O–H groups in total. The SMILES string of the molecule is CN(C)[C@@H]1C(=O)C(C(N)=O)=C(O)C2(O)C(=O)C3=C(O)c4c(ccc(NC(=O)CNCC5CC5)c4O)CC3CC12. The molecule has 2 amide bonds. The van der Waals surface area contributed by atoms with E-state index >= 15 is 0 Å². The van der Waals surface area contributed by atoms with E-state index in [0.29, 0.717) is 11.5 Å². The number of aromatic hydroxyl groups is 1. The van der Waals surface area contributed by atoms with Crippen LogP contribution >= 0.6 is 0 Å². The number of carbonyl (C=O) groups is 4. The second-order valence-electron chi connectivity index (χ2n) is 11.1. The summed E-state index contributed by atoms with van der Waals surface area (Å²) < 4.78 is 0. The largest absolute Gasteiger partial charge is 0.508 e. The topological polar surface area (TPSA) is 203 Å². The predicted octanol–water partition coefficient (Wildman–Crippen LogP) is -0.0979. The second-order valence-corrected chi connectivity index (χ2v) is 11.1. The van der Waals surface area contributed by atoms with Gasteiger partial charge in [0.1, 0.15) is 22.8 Å². The zero-order chi connectivity index (χ0) is 28.4. The fourth-order valence-corrected chi connectivity index (χ4v) is 6.23. The summed E-state index contributed by atoms with van der Waals surface area (Å²) in [4.78, 5) is 52.8. The van der Waals surface area contributed by atoms with Gasteiger partial charge in [0.25, 0.3) is 5.91 Å². The lowest BCUT2D eigenvalue weighted by atomic mass is 9.57. The number of phenols is 1. The summed E-state index contributed by atoms with van der Waals surface area (Å²) in [7, 11) is 3.09. The molecule has 0 bridgehead atoms. The molecule has 0 heterocycles. The third-order valence-electron chi connectivity index (χ3n) is 8.28. The number of nitrogens with zero attached hydrogens (tertiary/aromatic N) is 1. The van der Waals surface area contributed by atoms with E-state index < -0.39 is 69.7 Å². The summed E-state index contributed by atoms with van der Waals surface area (Å²) in [6.45, 7) is 0.761. The summed E-state index contributed by atoms with van der Waals surface area (Å²) >= 11 is 0. The van der Waals surface area contributed by atoms with Crippen molar-refractivity contribution in [2.24, 2.45) is 23.5 Å². The number of carbonyl (C=O) groups excluding carboxylic acids is 4. The van der Waals surface area contributed by atoms with E-state index in [0.717, 1.165) is 19.4 Å². The van der Waals surface area contributed by atoms with Crippen molar-refractivity contribution in [3.8, 4) is 5.75 Å². The predicted molar refractivity (Wildman–Crippen MR) is 138 cm³/mol. The smallest absolute Gasteiger partial charge is 0.255 e. The molecule has 0 radical (unpaired) electrons. The number of benzene rings is 1. The van der Waals surface area contributed by atoms with Crippen LogP contribution < -0.4 is 16.4 Å². The molecule has 12 heteroatoms. The second kappa shape index (κ2) is 9.47. The third kappa shape index (κ3) is 4.19. The van der Waals surface area contributed by atoms with Gasteiger partial charge in [-0.15, -0.1) is 0 Å². The van der Waals surface area contributed by atoms with Gasteiger partial charge in [0, 0.05) is 11.5 Å². The molecule has 12 nitrogen and oxygen atoms in total. The molecular weight excluding hydrogens is 508 g/mol. The minimum atomic E-state index is -2.70. The summed E-state index contributed by atoms with van der Waals surface area (Å²) in [5.74, 6) is -6.96. The van der Waals surface area contributed by atoms with Gasteiger partial charge in [0.05, 0.1) is 23.8 Å². The maximum absolute atomic E-state index is 13.8. The number of phenolic OH excluding ortho intramolecular Hbond substituents is 1. The zero-order valence-corrected chi connectivity index (χ0v) is 21.7. The monoisotopic (exact) mass is 540 g/mol. The van der Waals surface area contributed by atoms with E-state index in [2.05, 4.69) is 10.6 Å². The van der Waals surface area contributed by atoms with Gasteiger partial charge in [0.15, 0.2) is 11.4 Å². The van der Waals surface area contributed by atoms with Crippen molar-refractivity contribution in [3.05, 3.63) is 40.2 Å². The number of anilines is 1. The minimum absolute atomic E-state index is 0.0116. The average Bonchev–Trinajstić information content (AvgIpc) is 3.67. The molecule has 1 aromatic carbocycles. The minimum Gasteiger partial charge on any atom is -0.508 e. The Morgan fingerprint density at radius 3 is 2.46 bits per heavy atom. The molecule has 4 atom stereocenters. The van der Waals surface area contributed by atoms with Gasteiger partial charge in [-0.05, 0) is 69.8 Å². The molecule has 39 heavy (non-hydrogen) atoms. The van der Waals surface area contributed by atoms with Gasteiger partial charge < -0.3 is 36.8 Å². The molecule has 0 aliphatic heterocycles. The van der Waals surface area contributed by atoms with Crippen LogP contribution in [0.5, 0.6) is 5.75 Å². The number of ketones is 2. The number of nitrogens with two attached hydrogens (primary N) is 1. The Balaban J connectivity index is 1.53. The Labute approximate surface area is 224 Å². The molecule has 1 aromatic rings. The number of aliphatic hydroxyl groups is 3. The van der Waals surface area contributed by atoms with Crippen molar-refractivity contribution in [2.75, 3.05) is 32.5 Å². The van der Waals surface area contributed by atoms with Crippen molar-refractivity contribution >= 4 is 34.8 Å². The molecule has 2 saturated carbocycles. The van der Waals surface area contributed by atoms with Gasteiger partial charge in [0.2, 0.25) is 11.7 Å². The van der Waals surface area contributed by atoms with Gasteiger partial charge in [-0.25, -0.2) is 0 Å². The van der Waals surface area contributed by atoms with E-state index in [1.54, 1.807) is 20.2 Å². The van der Waals surface area contributed by atoms with Crippen LogP contribution in [-0.2, 0) is 25.6 Å². The number of aliphatic hydroxyl groups excluding tert-OH is 2. The van der Waals surface area contributed by atoms with Crippen LogP contribution in [0.1, 0.15) is 30.4 Å². The fourth-order valence-electron chi connectivity index (χ4n) is 6.23. The van der Waals surface area contributed by atoms with Crippen molar-refractivity contribution in [3.63, 3.8) is 0 Å². The van der Waals surface area contributed by atoms with E-state index in [-0.39, 0.29) is 36.2 Å². The number of likely N-dealkylation sites (N-methyl/N-ethyl adjacent to an activating group) is 1. The molecule has 0 saturated heterocycles. The van der Waals surface area contributed by atoms with Crippen LogP contribution in [0.15, 0.2) is 29.0 Å². The van der Waals surface area contributed by atoms with Gasteiger partial charge in [-0.2, -0.15) is 0 Å². The molecule has 208 valence electrons.